The first-order valence-corrected chi connectivity index (χ1v) is 16.6. The number of piperazine rings is 1. The van der Waals surface area contributed by atoms with Crippen molar-refractivity contribution in [2.75, 3.05) is 24.6 Å². The number of amides is 1. The minimum absolute atomic E-state index is 0.0204. The molecule has 4 aromatic rings. The number of anilines is 1. The lowest BCUT2D eigenvalue weighted by Crippen LogP contribution is -2.59. The molecule has 49 heavy (non-hydrogen) atoms. The summed E-state index contributed by atoms with van der Waals surface area (Å²) < 4.78 is 36.7. The SMILES string of the molecule is CC(C)c1nccc(CCCO)c1-n1c(=O)nc(N2C[C@@H](C)N(C(=O)OC(C)(C)C)C[C@@H]2C)c2cc(Cl)c(-c3c(F)ccc(F)c3O)nc21. The van der Waals surface area contributed by atoms with Gasteiger partial charge in [0, 0.05) is 38.0 Å². The average Bonchev–Trinajstić information content (AvgIpc) is 3.02. The molecule has 0 radical (unpaired) electrons. The largest absolute Gasteiger partial charge is 0.504 e. The maximum absolute atomic E-state index is 15.3. The van der Waals surface area contributed by atoms with Crippen molar-refractivity contribution >= 4 is 34.5 Å². The molecule has 1 amide bonds. The van der Waals surface area contributed by atoms with Crippen molar-refractivity contribution in [2.24, 2.45) is 0 Å². The molecule has 2 N–H and O–H groups in total. The molecular weight excluding hydrogens is 658 g/mol. The molecule has 14 heteroatoms. The smallest absolute Gasteiger partial charge is 0.410 e. The first kappa shape index (κ1) is 35.9. The molecule has 1 aliphatic heterocycles. The predicted octanol–water partition coefficient (Wildman–Crippen LogP) is 6.36. The second-order valence-electron chi connectivity index (χ2n) is 13.7. The number of nitrogens with zero attached hydrogens (tertiary/aromatic N) is 6. The summed E-state index contributed by atoms with van der Waals surface area (Å²) in [6.45, 7) is 13.4. The van der Waals surface area contributed by atoms with E-state index in [1.165, 1.54) is 10.6 Å². The van der Waals surface area contributed by atoms with E-state index in [1.54, 1.807) is 37.9 Å². The summed E-state index contributed by atoms with van der Waals surface area (Å²) in [6.07, 6.45) is 1.96. The van der Waals surface area contributed by atoms with Crippen LogP contribution in [0, 0.1) is 11.6 Å². The summed E-state index contributed by atoms with van der Waals surface area (Å²) in [5.41, 5.74) is -0.581. The summed E-state index contributed by atoms with van der Waals surface area (Å²) in [5.74, 6) is -2.95. The molecular formula is C35H41ClF2N6O5. The Morgan fingerprint density at radius 3 is 2.45 bits per heavy atom. The van der Waals surface area contributed by atoms with Gasteiger partial charge in [0.25, 0.3) is 0 Å². The molecule has 4 heterocycles. The monoisotopic (exact) mass is 698 g/mol. The number of carbonyl (C=O) groups excluding carboxylic acids is 1. The topological polar surface area (TPSA) is 134 Å². The molecule has 0 bridgehead atoms. The molecule has 0 saturated carbocycles. The van der Waals surface area contributed by atoms with Crippen LogP contribution in [0.15, 0.2) is 35.3 Å². The molecule has 1 aromatic carbocycles. The number of ether oxygens (including phenoxy) is 1. The van der Waals surface area contributed by atoms with Gasteiger partial charge in [-0.2, -0.15) is 4.98 Å². The number of phenols is 1. The second kappa shape index (κ2) is 13.9. The Morgan fingerprint density at radius 1 is 1.10 bits per heavy atom. The van der Waals surface area contributed by atoms with Crippen molar-refractivity contribution in [3.05, 3.63) is 68.9 Å². The van der Waals surface area contributed by atoms with E-state index in [2.05, 4.69) is 15.0 Å². The summed E-state index contributed by atoms with van der Waals surface area (Å²) >= 11 is 6.75. The predicted molar refractivity (Wildman–Crippen MR) is 184 cm³/mol. The third-order valence-corrected chi connectivity index (χ3v) is 8.70. The number of aromatic hydroxyl groups is 1. The first-order chi connectivity index (χ1) is 23.0. The maximum Gasteiger partial charge on any atom is 0.410 e. The first-order valence-electron chi connectivity index (χ1n) is 16.2. The summed E-state index contributed by atoms with van der Waals surface area (Å²) in [4.78, 5) is 44.8. The lowest BCUT2D eigenvalue weighted by molar-refractivity contribution is 0.0130. The molecule has 2 atom stereocenters. The molecule has 5 rings (SSSR count). The van der Waals surface area contributed by atoms with Crippen LogP contribution in [0.25, 0.3) is 28.0 Å². The van der Waals surface area contributed by atoms with Crippen LogP contribution in [0.3, 0.4) is 0 Å². The van der Waals surface area contributed by atoms with Crippen molar-refractivity contribution in [1.29, 1.82) is 0 Å². The van der Waals surface area contributed by atoms with Gasteiger partial charge < -0.3 is 24.7 Å². The second-order valence-corrected chi connectivity index (χ2v) is 14.1. The highest BCUT2D eigenvalue weighted by molar-refractivity contribution is 6.34. The fourth-order valence-corrected chi connectivity index (χ4v) is 6.37. The van der Waals surface area contributed by atoms with Gasteiger partial charge in [0.15, 0.2) is 17.2 Å². The highest BCUT2D eigenvalue weighted by atomic mass is 35.5. The number of aliphatic hydroxyl groups excluding tert-OH is 1. The van der Waals surface area contributed by atoms with E-state index < -0.39 is 40.3 Å². The lowest BCUT2D eigenvalue weighted by Gasteiger charge is -2.44. The maximum atomic E-state index is 15.3. The molecule has 1 fully saturated rings. The van der Waals surface area contributed by atoms with Gasteiger partial charge in [0.1, 0.15) is 17.2 Å². The number of phenolic OH excluding ortho intramolecular Hbond substituents is 1. The normalized spacial score (nSPS) is 16.9. The zero-order valence-corrected chi connectivity index (χ0v) is 29.3. The standard InChI is InChI=1S/C35H41ClF2N6O5/c1-18(2)27-29(21(9-8-14-45)12-13-39-27)44-32-22(15-23(36)28(40-32)26-24(37)10-11-25(38)30(26)46)31(41-33(44)47)42-16-20(4)43(17-19(42)3)34(48)49-35(5,6)7/h10-13,15,18-20,45-46H,8-9,14,16-17H2,1-7H3/t19-,20+/m0/s1. The molecule has 1 aliphatic rings. The number of pyridine rings is 2. The van der Waals surface area contributed by atoms with Crippen molar-refractivity contribution in [2.45, 2.75) is 84.9 Å². The number of aryl methyl sites for hydroxylation is 1. The van der Waals surface area contributed by atoms with E-state index in [0.717, 1.165) is 12.1 Å². The fourth-order valence-electron chi connectivity index (χ4n) is 6.13. The number of halogens is 3. The zero-order chi connectivity index (χ0) is 35.9. The number of hydrogen-bond donors (Lipinski definition) is 2. The third kappa shape index (κ3) is 7.04. The van der Waals surface area contributed by atoms with E-state index in [4.69, 9.17) is 16.3 Å². The van der Waals surface area contributed by atoms with Gasteiger partial charge in [-0.3, -0.25) is 4.98 Å². The van der Waals surface area contributed by atoms with Gasteiger partial charge in [0.05, 0.1) is 33.0 Å². The van der Waals surface area contributed by atoms with E-state index in [1.807, 2.05) is 32.6 Å². The minimum Gasteiger partial charge on any atom is -0.504 e. The summed E-state index contributed by atoms with van der Waals surface area (Å²) in [5, 5.41) is 20.5. The Bertz CT molecular complexity index is 1960. The Morgan fingerprint density at radius 2 is 1.80 bits per heavy atom. The highest BCUT2D eigenvalue weighted by Gasteiger charge is 2.37. The number of aliphatic hydroxyl groups is 1. The summed E-state index contributed by atoms with van der Waals surface area (Å²) in [6, 6.07) is 4.17. The van der Waals surface area contributed by atoms with E-state index >= 15 is 4.39 Å². The Labute approximate surface area is 288 Å². The third-order valence-electron chi connectivity index (χ3n) is 8.41. The van der Waals surface area contributed by atoms with Gasteiger partial charge in [0.2, 0.25) is 0 Å². The van der Waals surface area contributed by atoms with Gasteiger partial charge in [-0.25, -0.2) is 27.9 Å². The molecule has 11 nitrogen and oxygen atoms in total. The van der Waals surface area contributed by atoms with Gasteiger partial charge in [-0.05, 0) is 83.2 Å². The van der Waals surface area contributed by atoms with Crippen LogP contribution in [0.5, 0.6) is 5.75 Å². The Kier molecular flexibility index (Phi) is 10.2. The van der Waals surface area contributed by atoms with Crippen molar-refractivity contribution in [1.82, 2.24) is 24.4 Å². The van der Waals surface area contributed by atoms with Crippen LogP contribution in [-0.4, -0.2) is 78.1 Å². The number of rotatable bonds is 7. The number of hydrogen-bond acceptors (Lipinski definition) is 9. The fraction of sp³-hybridized carbons (Fsp3) is 0.457. The molecule has 0 aliphatic carbocycles. The van der Waals surface area contributed by atoms with E-state index in [9.17, 15) is 24.2 Å². The number of carbonyl (C=O) groups is 1. The van der Waals surface area contributed by atoms with Crippen LogP contribution >= 0.6 is 11.6 Å². The number of fused-ring (bicyclic) bond motifs is 1. The average molecular weight is 699 g/mol. The molecule has 0 unspecified atom stereocenters. The Balaban J connectivity index is 1.80. The van der Waals surface area contributed by atoms with Crippen LogP contribution < -0.4 is 10.6 Å². The number of aromatic nitrogens is 4. The van der Waals surface area contributed by atoms with Crippen LogP contribution in [0.2, 0.25) is 5.02 Å². The van der Waals surface area contributed by atoms with Crippen LogP contribution in [-0.2, 0) is 11.2 Å². The highest BCUT2D eigenvalue weighted by Crippen LogP contribution is 2.40. The molecule has 1 saturated heterocycles. The van der Waals surface area contributed by atoms with Gasteiger partial charge >= 0.3 is 11.8 Å². The minimum atomic E-state index is -1.08. The van der Waals surface area contributed by atoms with Crippen LogP contribution in [0.4, 0.5) is 19.4 Å². The van der Waals surface area contributed by atoms with Crippen molar-refractivity contribution in [3.8, 4) is 22.7 Å². The van der Waals surface area contributed by atoms with Gasteiger partial charge in [-0.1, -0.05) is 25.4 Å². The number of benzene rings is 1. The van der Waals surface area contributed by atoms with Crippen molar-refractivity contribution in [3.63, 3.8) is 0 Å². The molecule has 262 valence electrons. The van der Waals surface area contributed by atoms with E-state index in [0.29, 0.717) is 35.2 Å². The quantitative estimate of drug-likeness (QED) is 0.226. The Hall–Kier alpha value is -4.36. The molecule has 3 aromatic heterocycles. The van der Waals surface area contributed by atoms with Crippen molar-refractivity contribution < 1.29 is 28.5 Å². The van der Waals surface area contributed by atoms with Gasteiger partial charge in [-0.15, -0.1) is 0 Å². The zero-order valence-electron chi connectivity index (χ0n) is 28.6. The van der Waals surface area contributed by atoms with Crippen LogP contribution in [0.1, 0.15) is 72.1 Å². The molecule has 0 spiro atoms. The summed E-state index contributed by atoms with van der Waals surface area (Å²) in [7, 11) is 0. The lowest BCUT2D eigenvalue weighted by atomic mass is 10.0. The van der Waals surface area contributed by atoms with E-state index in [-0.39, 0.29) is 59.9 Å².